The van der Waals surface area contributed by atoms with Gasteiger partial charge in [-0.25, -0.2) is 18.0 Å². The average molecular weight is 306 g/mol. The number of aliphatic carboxylic acids is 1. The van der Waals surface area contributed by atoms with Crippen molar-refractivity contribution in [2.24, 2.45) is 5.92 Å². The Morgan fingerprint density at radius 3 is 2.50 bits per heavy atom. The molecule has 20 heavy (non-hydrogen) atoms. The number of nitrogens with zero attached hydrogens (tertiary/aromatic N) is 1. The molecule has 0 bridgehead atoms. The first-order valence-corrected chi connectivity index (χ1v) is 8.57. The van der Waals surface area contributed by atoms with Gasteiger partial charge in [-0.05, 0) is 12.3 Å². The van der Waals surface area contributed by atoms with Gasteiger partial charge in [0.05, 0.1) is 11.5 Å². The summed E-state index contributed by atoms with van der Waals surface area (Å²) in [5.41, 5.74) is 0. The number of rotatable bonds is 4. The normalized spacial score (nSPS) is 21.6. The van der Waals surface area contributed by atoms with E-state index in [2.05, 4.69) is 5.32 Å². The number of carbonyl (C=O) groups is 2. The van der Waals surface area contributed by atoms with Crippen LogP contribution in [0.3, 0.4) is 0 Å². The Bertz CT molecular complexity index is 462. The zero-order valence-electron chi connectivity index (χ0n) is 11.8. The van der Waals surface area contributed by atoms with Gasteiger partial charge in [-0.15, -0.1) is 0 Å². The number of carbonyl (C=O) groups excluding carboxylic acids is 1. The predicted molar refractivity (Wildman–Crippen MR) is 74.3 cm³/mol. The summed E-state index contributed by atoms with van der Waals surface area (Å²) in [6.07, 6.45) is 1.02. The molecule has 0 aliphatic carbocycles. The summed E-state index contributed by atoms with van der Waals surface area (Å²) in [6.45, 7) is 4.05. The van der Waals surface area contributed by atoms with Gasteiger partial charge in [0.2, 0.25) is 0 Å². The SMILES string of the molecule is CCC(C)C(NC(=O)N1CCCS(=O)(=O)CC1)C(=O)O. The molecule has 0 aromatic carbocycles. The molecule has 1 rings (SSSR count). The Morgan fingerprint density at radius 2 is 1.95 bits per heavy atom. The van der Waals surface area contributed by atoms with Crippen LogP contribution in [-0.2, 0) is 14.6 Å². The van der Waals surface area contributed by atoms with E-state index in [4.69, 9.17) is 5.11 Å². The van der Waals surface area contributed by atoms with E-state index in [1.807, 2.05) is 6.92 Å². The smallest absolute Gasteiger partial charge is 0.326 e. The fourth-order valence-electron chi connectivity index (χ4n) is 2.05. The average Bonchev–Trinajstić information content (AvgIpc) is 2.55. The zero-order valence-corrected chi connectivity index (χ0v) is 12.6. The molecule has 1 saturated heterocycles. The third-order valence-corrected chi connectivity index (χ3v) is 5.32. The van der Waals surface area contributed by atoms with E-state index in [-0.39, 0.29) is 24.0 Å². The van der Waals surface area contributed by atoms with Gasteiger partial charge in [-0.2, -0.15) is 0 Å². The Kier molecular flexibility index (Phi) is 5.79. The third-order valence-electron chi connectivity index (χ3n) is 3.60. The van der Waals surface area contributed by atoms with Crippen molar-refractivity contribution in [1.29, 1.82) is 0 Å². The molecular formula is C12H22N2O5S. The maximum Gasteiger partial charge on any atom is 0.326 e. The van der Waals surface area contributed by atoms with Gasteiger partial charge in [0.1, 0.15) is 6.04 Å². The minimum Gasteiger partial charge on any atom is -0.480 e. The van der Waals surface area contributed by atoms with Crippen molar-refractivity contribution in [3.63, 3.8) is 0 Å². The fraction of sp³-hybridized carbons (Fsp3) is 0.833. The number of urea groups is 1. The van der Waals surface area contributed by atoms with Crippen molar-refractivity contribution in [2.45, 2.75) is 32.7 Å². The molecule has 0 spiro atoms. The minimum atomic E-state index is -3.09. The second-order valence-corrected chi connectivity index (χ2v) is 7.45. The molecule has 1 fully saturated rings. The number of amides is 2. The van der Waals surface area contributed by atoms with Crippen molar-refractivity contribution < 1.29 is 23.1 Å². The highest BCUT2D eigenvalue weighted by Crippen LogP contribution is 2.10. The molecule has 8 heteroatoms. The quantitative estimate of drug-likeness (QED) is 0.778. The lowest BCUT2D eigenvalue weighted by Crippen LogP contribution is -2.51. The summed E-state index contributed by atoms with van der Waals surface area (Å²) >= 11 is 0. The van der Waals surface area contributed by atoms with E-state index < -0.39 is 27.9 Å². The van der Waals surface area contributed by atoms with Gasteiger partial charge in [0, 0.05) is 13.1 Å². The Morgan fingerprint density at radius 1 is 1.30 bits per heavy atom. The van der Waals surface area contributed by atoms with E-state index in [1.165, 1.54) is 4.90 Å². The molecule has 2 atom stereocenters. The standard InChI is InChI=1S/C12H22N2O5S/c1-3-9(2)10(11(15)16)13-12(17)14-5-4-7-20(18,19)8-6-14/h9-10H,3-8H2,1-2H3,(H,13,17)(H,15,16). The molecular weight excluding hydrogens is 284 g/mol. The first-order chi connectivity index (χ1) is 9.26. The molecule has 2 amide bonds. The molecule has 0 aromatic heterocycles. The lowest BCUT2D eigenvalue weighted by Gasteiger charge is -2.25. The molecule has 1 aliphatic rings. The summed E-state index contributed by atoms with van der Waals surface area (Å²) in [5, 5.41) is 11.6. The van der Waals surface area contributed by atoms with Crippen LogP contribution < -0.4 is 5.32 Å². The second-order valence-electron chi connectivity index (χ2n) is 5.14. The maximum atomic E-state index is 12.1. The van der Waals surface area contributed by atoms with Crippen LogP contribution in [-0.4, -0.2) is 61.1 Å². The van der Waals surface area contributed by atoms with Crippen LogP contribution in [0.5, 0.6) is 0 Å². The minimum absolute atomic E-state index is 0.0680. The molecule has 0 aromatic rings. The molecule has 2 unspecified atom stereocenters. The Labute approximate surface area is 119 Å². The van der Waals surface area contributed by atoms with Crippen LogP contribution in [0.25, 0.3) is 0 Å². The zero-order chi connectivity index (χ0) is 15.3. The van der Waals surface area contributed by atoms with Crippen LogP contribution in [0.2, 0.25) is 0 Å². The van der Waals surface area contributed by atoms with Crippen molar-refractivity contribution >= 4 is 21.8 Å². The molecule has 7 nitrogen and oxygen atoms in total. The van der Waals surface area contributed by atoms with Crippen molar-refractivity contribution in [1.82, 2.24) is 10.2 Å². The van der Waals surface area contributed by atoms with Crippen molar-refractivity contribution in [3.05, 3.63) is 0 Å². The fourth-order valence-corrected chi connectivity index (χ4v) is 3.32. The van der Waals surface area contributed by atoms with Crippen LogP contribution in [0, 0.1) is 5.92 Å². The predicted octanol–water partition coefficient (Wildman–Crippen LogP) is 0.316. The van der Waals surface area contributed by atoms with Gasteiger partial charge in [-0.1, -0.05) is 20.3 Å². The van der Waals surface area contributed by atoms with Crippen LogP contribution in [0.4, 0.5) is 4.79 Å². The van der Waals surface area contributed by atoms with Gasteiger partial charge in [0.25, 0.3) is 0 Å². The monoisotopic (exact) mass is 306 g/mol. The summed E-state index contributed by atoms with van der Waals surface area (Å²) in [6, 6.07) is -1.46. The van der Waals surface area contributed by atoms with E-state index in [9.17, 15) is 18.0 Å². The highest BCUT2D eigenvalue weighted by Gasteiger charge is 2.29. The van der Waals surface area contributed by atoms with E-state index in [0.29, 0.717) is 19.4 Å². The van der Waals surface area contributed by atoms with Gasteiger partial charge >= 0.3 is 12.0 Å². The maximum absolute atomic E-state index is 12.1. The second kappa shape index (κ2) is 6.92. The van der Waals surface area contributed by atoms with Gasteiger partial charge in [-0.3, -0.25) is 0 Å². The molecule has 2 N–H and O–H groups in total. The van der Waals surface area contributed by atoms with Crippen LogP contribution in [0.15, 0.2) is 0 Å². The molecule has 1 heterocycles. The number of carboxylic acid groups (broad SMARTS) is 1. The van der Waals surface area contributed by atoms with E-state index in [0.717, 1.165) is 0 Å². The molecule has 1 aliphatic heterocycles. The van der Waals surface area contributed by atoms with Crippen molar-refractivity contribution in [3.8, 4) is 0 Å². The molecule has 116 valence electrons. The summed E-state index contributed by atoms with van der Waals surface area (Å²) in [7, 11) is -3.09. The molecule has 0 radical (unpaired) electrons. The number of sulfone groups is 1. The van der Waals surface area contributed by atoms with E-state index >= 15 is 0 Å². The lowest BCUT2D eigenvalue weighted by atomic mass is 9.99. The van der Waals surface area contributed by atoms with E-state index in [1.54, 1.807) is 6.92 Å². The first-order valence-electron chi connectivity index (χ1n) is 6.75. The summed E-state index contributed by atoms with van der Waals surface area (Å²) < 4.78 is 22.9. The Hall–Kier alpha value is -1.31. The number of carboxylic acids is 1. The van der Waals surface area contributed by atoms with Crippen LogP contribution >= 0.6 is 0 Å². The largest absolute Gasteiger partial charge is 0.480 e. The summed E-state index contributed by atoms with van der Waals surface area (Å²) in [5.74, 6) is -1.26. The topological polar surface area (TPSA) is 104 Å². The highest BCUT2D eigenvalue weighted by atomic mass is 32.2. The number of nitrogens with one attached hydrogen (secondary N) is 1. The Balaban J connectivity index is 2.67. The first kappa shape index (κ1) is 16.7. The van der Waals surface area contributed by atoms with Gasteiger partial charge in [0.15, 0.2) is 9.84 Å². The summed E-state index contributed by atoms with van der Waals surface area (Å²) in [4.78, 5) is 24.6. The number of hydrogen-bond acceptors (Lipinski definition) is 4. The van der Waals surface area contributed by atoms with Crippen LogP contribution in [0.1, 0.15) is 26.7 Å². The molecule has 0 saturated carbocycles. The van der Waals surface area contributed by atoms with Crippen molar-refractivity contribution in [2.75, 3.05) is 24.6 Å². The van der Waals surface area contributed by atoms with Gasteiger partial charge < -0.3 is 15.3 Å². The third kappa shape index (κ3) is 4.66. The number of hydrogen-bond donors (Lipinski definition) is 2. The highest BCUT2D eigenvalue weighted by molar-refractivity contribution is 7.91. The lowest BCUT2D eigenvalue weighted by molar-refractivity contribution is -0.140.